The lowest BCUT2D eigenvalue weighted by Crippen LogP contribution is -2.43. The normalized spacial score (nSPS) is 17.4. The molecule has 0 spiro atoms. The number of piperidine rings is 1. The number of methoxy groups -OCH3 is 2. The lowest BCUT2D eigenvalue weighted by Gasteiger charge is -2.34. The largest absolute Gasteiger partial charge is 0.493 e. The zero-order valence-corrected chi connectivity index (χ0v) is 14.9. The van der Waals surface area contributed by atoms with E-state index in [0.29, 0.717) is 29.0 Å². The summed E-state index contributed by atoms with van der Waals surface area (Å²) in [5.74, 6) is 1.73. The maximum Gasteiger partial charge on any atom is 0.276 e. The van der Waals surface area contributed by atoms with Crippen molar-refractivity contribution in [2.45, 2.75) is 38.6 Å². The van der Waals surface area contributed by atoms with E-state index < -0.39 is 0 Å². The number of hydrogen-bond donors (Lipinski definition) is 0. The first-order valence-electron chi connectivity index (χ1n) is 8.68. The van der Waals surface area contributed by atoms with E-state index in [1.54, 1.807) is 26.4 Å². The molecule has 1 aliphatic heterocycles. The molecule has 0 bridgehead atoms. The molecule has 1 aromatic heterocycles. The van der Waals surface area contributed by atoms with Gasteiger partial charge in [-0.3, -0.25) is 4.79 Å². The van der Waals surface area contributed by atoms with Gasteiger partial charge in [0.15, 0.2) is 23.0 Å². The number of ether oxygens (including phenoxy) is 2. The minimum absolute atomic E-state index is 0.0537. The van der Waals surface area contributed by atoms with Crippen molar-refractivity contribution < 1.29 is 18.8 Å². The second-order valence-corrected chi connectivity index (χ2v) is 6.20. The Hall–Kier alpha value is -2.50. The molecule has 0 radical (unpaired) electrons. The molecule has 1 aromatic carbocycles. The van der Waals surface area contributed by atoms with Crippen LogP contribution < -0.4 is 9.47 Å². The summed E-state index contributed by atoms with van der Waals surface area (Å²) in [6.07, 6.45) is 4.25. The molecule has 1 aliphatic rings. The van der Waals surface area contributed by atoms with Crippen LogP contribution in [0.5, 0.6) is 11.5 Å². The Bertz CT molecular complexity index is 741. The number of hydrogen-bond acceptors (Lipinski definition) is 5. The summed E-state index contributed by atoms with van der Waals surface area (Å²) >= 11 is 0. The van der Waals surface area contributed by atoms with Crippen molar-refractivity contribution in [3.8, 4) is 22.8 Å². The third kappa shape index (κ3) is 3.48. The number of nitrogens with zero attached hydrogens (tertiary/aromatic N) is 2. The molecule has 134 valence electrons. The van der Waals surface area contributed by atoms with Gasteiger partial charge in [0.05, 0.1) is 14.2 Å². The van der Waals surface area contributed by atoms with E-state index in [2.05, 4.69) is 12.1 Å². The van der Waals surface area contributed by atoms with Gasteiger partial charge in [0.2, 0.25) is 0 Å². The van der Waals surface area contributed by atoms with Gasteiger partial charge in [0, 0.05) is 24.2 Å². The van der Waals surface area contributed by atoms with Crippen LogP contribution in [0.15, 0.2) is 28.8 Å². The van der Waals surface area contributed by atoms with Gasteiger partial charge in [0.1, 0.15) is 0 Å². The van der Waals surface area contributed by atoms with Crippen LogP contribution in [0.25, 0.3) is 11.3 Å². The van der Waals surface area contributed by atoms with E-state index in [1.807, 2.05) is 17.0 Å². The van der Waals surface area contributed by atoms with Crippen molar-refractivity contribution in [2.75, 3.05) is 20.8 Å². The first kappa shape index (κ1) is 17.3. The van der Waals surface area contributed by atoms with Gasteiger partial charge < -0.3 is 18.9 Å². The number of rotatable bonds is 5. The average molecular weight is 344 g/mol. The SMILES string of the molecule is CCC1CCCCN1C(=O)c1cc(-c2ccc(OC)c(OC)c2)on1. The average Bonchev–Trinajstić information content (AvgIpc) is 3.17. The first-order valence-corrected chi connectivity index (χ1v) is 8.68. The minimum Gasteiger partial charge on any atom is -0.493 e. The zero-order valence-electron chi connectivity index (χ0n) is 14.9. The predicted octanol–water partition coefficient (Wildman–Crippen LogP) is 3.76. The van der Waals surface area contributed by atoms with Gasteiger partial charge in [-0.2, -0.15) is 0 Å². The van der Waals surface area contributed by atoms with E-state index in [4.69, 9.17) is 14.0 Å². The van der Waals surface area contributed by atoms with E-state index in [0.717, 1.165) is 31.4 Å². The third-order valence-electron chi connectivity index (χ3n) is 4.76. The highest BCUT2D eigenvalue weighted by Crippen LogP contribution is 2.33. The quantitative estimate of drug-likeness (QED) is 0.826. The summed E-state index contributed by atoms with van der Waals surface area (Å²) in [5, 5.41) is 4.00. The van der Waals surface area contributed by atoms with Gasteiger partial charge in [-0.15, -0.1) is 0 Å². The van der Waals surface area contributed by atoms with Crippen LogP contribution in [-0.4, -0.2) is 42.8 Å². The number of aromatic nitrogens is 1. The Morgan fingerprint density at radius 3 is 2.76 bits per heavy atom. The zero-order chi connectivity index (χ0) is 17.8. The molecule has 0 aliphatic carbocycles. The molecular weight excluding hydrogens is 320 g/mol. The third-order valence-corrected chi connectivity index (χ3v) is 4.76. The van der Waals surface area contributed by atoms with Gasteiger partial charge in [0.25, 0.3) is 5.91 Å². The van der Waals surface area contributed by atoms with Crippen molar-refractivity contribution in [2.24, 2.45) is 0 Å². The van der Waals surface area contributed by atoms with Gasteiger partial charge in [-0.1, -0.05) is 12.1 Å². The lowest BCUT2D eigenvalue weighted by atomic mass is 9.99. The molecule has 2 aromatic rings. The molecule has 1 fully saturated rings. The van der Waals surface area contributed by atoms with Crippen molar-refractivity contribution in [1.82, 2.24) is 10.1 Å². The minimum atomic E-state index is -0.0537. The van der Waals surface area contributed by atoms with E-state index >= 15 is 0 Å². The molecule has 1 unspecified atom stereocenters. The van der Waals surface area contributed by atoms with E-state index in [-0.39, 0.29) is 5.91 Å². The summed E-state index contributed by atoms with van der Waals surface area (Å²) in [4.78, 5) is 14.7. The maximum atomic E-state index is 12.8. The number of benzene rings is 1. The fourth-order valence-corrected chi connectivity index (χ4v) is 3.34. The highest BCUT2D eigenvalue weighted by molar-refractivity contribution is 5.93. The fraction of sp³-hybridized carbons (Fsp3) is 0.474. The van der Waals surface area contributed by atoms with Crippen LogP contribution >= 0.6 is 0 Å². The first-order chi connectivity index (χ1) is 12.2. The molecule has 1 saturated heterocycles. The molecule has 2 heterocycles. The highest BCUT2D eigenvalue weighted by atomic mass is 16.5. The number of carbonyl (C=O) groups is 1. The summed E-state index contributed by atoms with van der Waals surface area (Å²) in [6, 6.07) is 7.46. The summed E-state index contributed by atoms with van der Waals surface area (Å²) < 4.78 is 16.0. The highest BCUT2D eigenvalue weighted by Gasteiger charge is 2.28. The molecule has 25 heavy (non-hydrogen) atoms. The van der Waals surface area contributed by atoms with Crippen LogP contribution in [0, 0.1) is 0 Å². The molecule has 3 rings (SSSR count). The smallest absolute Gasteiger partial charge is 0.276 e. The number of likely N-dealkylation sites (tertiary alicyclic amines) is 1. The van der Waals surface area contributed by atoms with Gasteiger partial charge in [-0.25, -0.2) is 0 Å². The standard InChI is InChI=1S/C19H24N2O4/c1-4-14-7-5-6-10-21(14)19(22)15-12-17(25-20-15)13-8-9-16(23-2)18(11-13)24-3/h8-9,11-12,14H,4-7,10H2,1-3H3. The summed E-state index contributed by atoms with van der Waals surface area (Å²) in [5.41, 5.74) is 1.14. The summed E-state index contributed by atoms with van der Waals surface area (Å²) in [7, 11) is 3.17. The van der Waals surface area contributed by atoms with Crippen LogP contribution in [-0.2, 0) is 0 Å². The van der Waals surface area contributed by atoms with E-state index in [9.17, 15) is 4.79 Å². The molecule has 6 heteroatoms. The molecule has 6 nitrogen and oxygen atoms in total. The second kappa shape index (κ2) is 7.59. The van der Waals surface area contributed by atoms with Crippen molar-refractivity contribution in [1.29, 1.82) is 0 Å². The number of amides is 1. The van der Waals surface area contributed by atoms with Crippen molar-refractivity contribution in [3.63, 3.8) is 0 Å². The molecule has 0 saturated carbocycles. The monoisotopic (exact) mass is 344 g/mol. The Morgan fingerprint density at radius 1 is 1.24 bits per heavy atom. The molecule has 0 N–H and O–H groups in total. The lowest BCUT2D eigenvalue weighted by molar-refractivity contribution is 0.0597. The van der Waals surface area contributed by atoms with Crippen LogP contribution in [0.4, 0.5) is 0 Å². The molecule has 1 amide bonds. The van der Waals surface area contributed by atoms with Crippen LogP contribution in [0.1, 0.15) is 43.1 Å². The second-order valence-electron chi connectivity index (χ2n) is 6.20. The maximum absolute atomic E-state index is 12.8. The Kier molecular flexibility index (Phi) is 5.26. The molecule has 1 atom stereocenters. The molecular formula is C19H24N2O4. The van der Waals surface area contributed by atoms with Crippen LogP contribution in [0.3, 0.4) is 0 Å². The van der Waals surface area contributed by atoms with Crippen molar-refractivity contribution in [3.05, 3.63) is 30.0 Å². The van der Waals surface area contributed by atoms with Crippen molar-refractivity contribution >= 4 is 5.91 Å². The Balaban J connectivity index is 1.83. The topological polar surface area (TPSA) is 64.8 Å². The van der Waals surface area contributed by atoms with E-state index in [1.165, 1.54) is 6.42 Å². The summed E-state index contributed by atoms with van der Waals surface area (Å²) in [6.45, 7) is 2.91. The van der Waals surface area contributed by atoms with Crippen LogP contribution in [0.2, 0.25) is 0 Å². The number of carbonyl (C=O) groups excluding carboxylic acids is 1. The van der Waals surface area contributed by atoms with Gasteiger partial charge in [-0.05, 0) is 43.9 Å². The Morgan fingerprint density at radius 2 is 2.04 bits per heavy atom. The van der Waals surface area contributed by atoms with Gasteiger partial charge >= 0.3 is 0 Å². The Labute approximate surface area is 147 Å². The predicted molar refractivity (Wildman–Crippen MR) is 94.0 cm³/mol. The fourth-order valence-electron chi connectivity index (χ4n) is 3.34.